The zero-order chi connectivity index (χ0) is 12.3. The van der Waals surface area contributed by atoms with Crippen molar-refractivity contribution in [1.82, 2.24) is 5.32 Å². The summed E-state index contributed by atoms with van der Waals surface area (Å²) in [6.45, 7) is 2.21. The van der Waals surface area contributed by atoms with E-state index in [4.69, 9.17) is 9.47 Å². The first kappa shape index (κ1) is 12.6. The van der Waals surface area contributed by atoms with Crippen molar-refractivity contribution in [3.05, 3.63) is 23.8 Å². The molecule has 1 aliphatic rings. The van der Waals surface area contributed by atoms with E-state index in [-0.39, 0.29) is 0 Å². The van der Waals surface area contributed by atoms with Crippen molar-refractivity contribution in [2.45, 2.75) is 24.8 Å². The Morgan fingerprint density at radius 1 is 1.35 bits per heavy atom. The van der Waals surface area contributed by atoms with Crippen molar-refractivity contribution in [2.75, 3.05) is 20.0 Å². The van der Waals surface area contributed by atoms with E-state index in [9.17, 15) is 0 Å². The van der Waals surface area contributed by atoms with Gasteiger partial charge in [0.25, 0.3) is 0 Å². The quantitative estimate of drug-likeness (QED) is 0.894. The van der Waals surface area contributed by atoms with E-state index >= 15 is 0 Å². The number of methoxy groups -OCH3 is 2. The summed E-state index contributed by atoms with van der Waals surface area (Å²) >= 11 is 1.94. The second kappa shape index (κ2) is 5.65. The summed E-state index contributed by atoms with van der Waals surface area (Å²) < 4.78 is 10.6. The highest BCUT2D eigenvalue weighted by atomic mass is 32.2. The molecule has 0 bridgehead atoms. The van der Waals surface area contributed by atoms with Crippen molar-refractivity contribution in [2.24, 2.45) is 0 Å². The number of benzene rings is 1. The number of nitrogens with one attached hydrogen (secondary N) is 1. The van der Waals surface area contributed by atoms with Crippen molar-refractivity contribution in [1.29, 1.82) is 0 Å². The minimum absolute atomic E-state index is 0.334. The van der Waals surface area contributed by atoms with Gasteiger partial charge in [-0.2, -0.15) is 0 Å². The summed E-state index contributed by atoms with van der Waals surface area (Å²) in [5, 5.41) is 3.95. The van der Waals surface area contributed by atoms with E-state index in [1.54, 1.807) is 14.2 Å². The minimum Gasteiger partial charge on any atom is -0.497 e. The Balaban J connectivity index is 2.20. The molecule has 94 valence electrons. The van der Waals surface area contributed by atoms with Crippen LogP contribution in [0.3, 0.4) is 0 Å². The largest absolute Gasteiger partial charge is 0.497 e. The molecule has 1 aliphatic heterocycles. The van der Waals surface area contributed by atoms with Crippen LogP contribution in [0.4, 0.5) is 0 Å². The highest BCUT2D eigenvalue weighted by Crippen LogP contribution is 2.39. The van der Waals surface area contributed by atoms with Crippen LogP contribution in [0.1, 0.15) is 24.3 Å². The van der Waals surface area contributed by atoms with E-state index in [0.717, 1.165) is 17.3 Å². The van der Waals surface area contributed by atoms with Gasteiger partial charge < -0.3 is 9.47 Å². The first-order chi connectivity index (χ1) is 8.28. The first-order valence-electron chi connectivity index (χ1n) is 5.88. The normalized spacial score (nSPS) is 23.7. The van der Waals surface area contributed by atoms with Crippen LogP contribution >= 0.6 is 11.8 Å². The Kier molecular flexibility index (Phi) is 4.18. The van der Waals surface area contributed by atoms with Crippen molar-refractivity contribution < 1.29 is 9.47 Å². The summed E-state index contributed by atoms with van der Waals surface area (Å²) in [5.74, 6) is 2.89. The van der Waals surface area contributed by atoms with Gasteiger partial charge in [-0.15, -0.1) is 11.8 Å². The van der Waals surface area contributed by atoms with Gasteiger partial charge in [0.1, 0.15) is 11.5 Å². The third-order valence-electron chi connectivity index (χ3n) is 3.07. The minimum atomic E-state index is 0.334. The molecule has 2 atom stereocenters. The zero-order valence-electron chi connectivity index (χ0n) is 10.5. The maximum Gasteiger partial charge on any atom is 0.128 e. The maximum absolute atomic E-state index is 5.44. The lowest BCUT2D eigenvalue weighted by atomic mass is 10.1. The average molecular weight is 253 g/mol. The summed E-state index contributed by atoms with van der Waals surface area (Å²) in [4.78, 5) is 0. The first-order valence-corrected chi connectivity index (χ1v) is 6.93. The van der Waals surface area contributed by atoms with Gasteiger partial charge in [-0.05, 0) is 18.6 Å². The Hall–Kier alpha value is -0.870. The Bertz CT molecular complexity index is 384. The standard InChI is InChI=1S/C13H19NO2S/c1-4-9-8-17-13(14-9)11-6-5-10(15-2)7-12(11)16-3/h5-7,9,13-14H,4,8H2,1-3H3. The van der Waals surface area contributed by atoms with Gasteiger partial charge in [-0.25, -0.2) is 0 Å². The second-order valence-corrected chi connectivity index (χ2v) is 5.23. The second-order valence-electron chi connectivity index (χ2n) is 4.09. The lowest BCUT2D eigenvalue weighted by Crippen LogP contribution is -2.24. The van der Waals surface area contributed by atoms with Gasteiger partial charge in [0.15, 0.2) is 0 Å². The molecule has 2 unspecified atom stereocenters. The predicted octanol–water partition coefficient (Wildman–Crippen LogP) is 2.82. The van der Waals surface area contributed by atoms with E-state index in [1.165, 1.54) is 12.0 Å². The van der Waals surface area contributed by atoms with E-state index in [2.05, 4.69) is 18.3 Å². The van der Waals surface area contributed by atoms with E-state index < -0.39 is 0 Å². The van der Waals surface area contributed by atoms with E-state index in [1.807, 2.05) is 23.9 Å². The van der Waals surface area contributed by atoms with Crippen LogP contribution in [0.25, 0.3) is 0 Å². The van der Waals surface area contributed by atoms with Gasteiger partial charge >= 0.3 is 0 Å². The van der Waals surface area contributed by atoms with Crippen molar-refractivity contribution >= 4 is 11.8 Å². The maximum atomic E-state index is 5.44. The SMILES string of the molecule is CCC1CSC(c2ccc(OC)cc2OC)N1. The molecule has 1 fully saturated rings. The third kappa shape index (κ3) is 2.69. The van der Waals surface area contributed by atoms with Crippen LogP contribution in [0.5, 0.6) is 11.5 Å². The highest BCUT2D eigenvalue weighted by Gasteiger charge is 2.26. The molecule has 0 aliphatic carbocycles. The van der Waals surface area contributed by atoms with Gasteiger partial charge in [-0.1, -0.05) is 6.92 Å². The molecule has 3 nitrogen and oxygen atoms in total. The van der Waals surface area contributed by atoms with E-state index in [0.29, 0.717) is 11.4 Å². The average Bonchev–Trinajstić information content (AvgIpc) is 2.86. The van der Waals surface area contributed by atoms with Crippen LogP contribution in [0.15, 0.2) is 18.2 Å². The Labute approximate surface area is 107 Å². The van der Waals surface area contributed by atoms with Crippen LogP contribution in [-0.4, -0.2) is 26.0 Å². The highest BCUT2D eigenvalue weighted by molar-refractivity contribution is 7.99. The molecule has 0 amide bonds. The molecule has 0 aromatic heterocycles. The fourth-order valence-electron chi connectivity index (χ4n) is 1.97. The number of rotatable bonds is 4. The molecule has 4 heteroatoms. The number of ether oxygens (including phenoxy) is 2. The van der Waals surface area contributed by atoms with Crippen LogP contribution in [0, 0.1) is 0 Å². The Morgan fingerprint density at radius 3 is 2.76 bits per heavy atom. The van der Waals surface area contributed by atoms with Crippen LogP contribution in [0.2, 0.25) is 0 Å². The molecule has 1 heterocycles. The topological polar surface area (TPSA) is 30.5 Å². The fraction of sp³-hybridized carbons (Fsp3) is 0.538. The summed E-state index contributed by atoms with van der Waals surface area (Å²) in [6.07, 6.45) is 1.17. The molecule has 2 rings (SSSR count). The zero-order valence-corrected chi connectivity index (χ0v) is 11.3. The molecule has 0 radical (unpaired) electrons. The Morgan fingerprint density at radius 2 is 2.18 bits per heavy atom. The molecular formula is C13H19NO2S. The van der Waals surface area contributed by atoms with Crippen molar-refractivity contribution in [3.63, 3.8) is 0 Å². The number of hydrogen-bond donors (Lipinski definition) is 1. The lowest BCUT2D eigenvalue weighted by molar-refractivity contribution is 0.389. The summed E-state index contributed by atoms with van der Waals surface area (Å²) in [6, 6.07) is 6.62. The van der Waals surface area contributed by atoms with Gasteiger partial charge in [0.05, 0.1) is 19.6 Å². The number of thioether (sulfide) groups is 1. The monoisotopic (exact) mass is 253 g/mol. The summed E-state index contributed by atoms with van der Waals surface area (Å²) in [7, 11) is 3.37. The smallest absolute Gasteiger partial charge is 0.128 e. The van der Waals surface area contributed by atoms with Gasteiger partial charge in [0.2, 0.25) is 0 Å². The number of hydrogen-bond acceptors (Lipinski definition) is 4. The summed E-state index contributed by atoms with van der Waals surface area (Å²) in [5.41, 5.74) is 1.20. The molecule has 1 aromatic rings. The fourth-order valence-corrected chi connectivity index (χ4v) is 3.39. The van der Waals surface area contributed by atoms with Crippen LogP contribution in [-0.2, 0) is 0 Å². The van der Waals surface area contributed by atoms with Gasteiger partial charge in [0, 0.05) is 23.4 Å². The third-order valence-corrected chi connectivity index (χ3v) is 4.39. The van der Waals surface area contributed by atoms with Crippen LogP contribution < -0.4 is 14.8 Å². The molecule has 1 aromatic carbocycles. The molecular weight excluding hydrogens is 234 g/mol. The predicted molar refractivity (Wildman–Crippen MR) is 72.0 cm³/mol. The molecule has 0 saturated carbocycles. The van der Waals surface area contributed by atoms with Gasteiger partial charge in [-0.3, -0.25) is 5.32 Å². The molecule has 0 spiro atoms. The molecule has 17 heavy (non-hydrogen) atoms. The lowest BCUT2D eigenvalue weighted by Gasteiger charge is -2.16. The molecule has 1 saturated heterocycles. The van der Waals surface area contributed by atoms with Crippen molar-refractivity contribution in [3.8, 4) is 11.5 Å². The molecule has 1 N–H and O–H groups in total.